The average molecular weight is 463 g/mol. The summed E-state index contributed by atoms with van der Waals surface area (Å²) in [6.45, 7) is 2.63. The quantitative estimate of drug-likeness (QED) is 0.359. The van der Waals surface area contributed by atoms with Gasteiger partial charge in [0.05, 0.1) is 12.0 Å². The van der Waals surface area contributed by atoms with Crippen molar-refractivity contribution >= 4 is 61.4 Å². The summed E-state index contributed by atoms with van der Waals surface area (Å²) in [4.78, 5) is 9.87. The zero-order valence-electron chi connectivity index (χ0n) is 14.5. The van der Waals surface area contributed by atoms with Gasteiger partial charge in [-0.25, -0.2) is 9.97 Å². The maximum atomic E-state index is 5.50. The van der Waals surface area contributed by atoms with Crippen molar-refractivity contribution in [2.75, 3.05) is 11.9 Å². The predicted octanol–water partition coefficient (Wildman–Crippen LogP) is 6.68. The van der Waals surface area contributed by atoms with Crippen LogP contribution in [0.2, 0.25) is 0 Å². The molecule has 1 N–H and O–H groups in total. The monoisotopic (exact) mass is 461 g/mol. The van der Waals surface area contributed by atoms with Crippen molar-refractivity contribution < 1.29 is 4.74 Å². The van der Waals surface area contributed by atoms with Crippen molar-refractivity contribution in [3.63, 3.8) is 0 Å². The van der Waals surface area contributed by atoms with Crippen LogP contribution in [0.1, 0.15) is 6.92 Å². The third kappa shape index (κ3) is 4.24. The number of nitrogens with one attached hydrogen (secondary N) is 1. The first-order valence-electron chi connectivity index (χ1n) is 8.22. The number of hydrogen-bond acceptors (Lipinski definition) is 5. The summed E-state index contributed by atoms with van der Waals surface area (Å²) in [7, 11) is 0. The molecule has 0 amide bonds. The molecule has 0 aliphatic heterocycles. The van der Waals surface area contributed by atoms with E-state index in [1.165, 1.54) is 0 Å². The summed E-state index contributed by atoms with van der Waals surface area (Å²) in [6, 6.07) is 16.2. The van der Waals surface area contributed by atoms with Crippen LogP contribution in [-0.2, 0) is 0 Å². The molecule has 0 fully saturated rings. The minimum atomic E-state index is 0. The molecular formula is C20H17BrClN3OS. The van der Waals surface area contributed by atoms with Crippen molar-refractivity contribution in [1.29, 1.82) is 0 Å². The first-order valence-corrected chi connectivity index (χ1v) is 9.90. The number of nitrogens with zero attached hydrogens (tertiary/aromatic N) is 2. The van der Waals surface area contributed by atoms with Crippen LogP contribution >= 0.6 is 39.7 Å². The predicted molar refractivity (Wildman–Crippen MR) is 119 cm³/mol. The lowest BCUT2D eigenvalue weighted by Crippen LogP contribution is -1.96. The Labute approximate surface area is 176 Å². The van der Waals surface area contributed by atoms with Crippen LogP contribution in [-0.4, -0.2) is 16.6 Å². The van der Waals surface area contributed by atoms with E-state index < -0.39 is 0 Å². The smallest absolute Gasteiger partial charge is 0.143 e. The minimum absolute atomic E-state index is 0. The largest absolute Gasteiger partial charge is 0.494 e. The van der Waals surface area contributed by atoms with Crippen LogP contribution in [0.5, 0.6) is 5.75 Å². The molecule has 0 unspecified atom stereocenters. The number of halogens is 2. The van der Waals surface area contributed by atoms with E-state index in [1.54, 1.807) is 17.7 Å². The number of aromatic nitrogens is 2. The summed E-state index contributed by atoms with van der Waals surface area (Å²) in [5, 5.41) is 6.58. The number of rotatable bonds is 5. The van der Waals surface area contributed by atoms with E-state index in [-0.39, 0.29) is 12.4 Å². The number of anilines is 2. The van der Waals surface area contributed by atoms with E-state index >= 15 is 0 Å². The lowest BCUT2D eigenvalue weighted by Gasteiger charge is -2.09. The number of thiophene rings is 1. The zero-order chi connectivity index (χ0) is 17.9. The molecule has 7 heteroatoms. The van der Waals surface area contributed by atoms with Gasteiger partial charge in [-0.1, -0.05) is 28.1 Å². The van der Waals surface area contributed by atoms with Crippen LogP contribution in [0, 0.1) is 0 Å². The van der Waals surface area contributed by atoms with Crippen LogP contribution in [0.15, 0.2) is 64.7 Å². The molecule has 4 aromatic rings. The molecule has 0 spiro atoms. The maximum absolute atomic E-state index is 5.50. The second kappa shape index (κ2) is 8.69. The Morgan fingerprint density at radius 1 is 1.04 bits per heavy atom. The molecule has 2 aromatic heterocycles. The molecule has 0 atom stereocenters. The molecule has 2 aromatic carbocycles. The fourth-order valence-corrected chi connectivity index (χ4v) is 3.93. The topological polar surface area (TPSA) is 47.0 Å². The summed E-state index contributed by atoms with van der Waals surface area (Å²) in [6.07, 6.45) is 1.60. The Morgan fingerprint density at radius 3 is 2.48 bits per heavy atom. The third-order valence-corrected chi connectivity index (χ3v) is 5.37. The van der Waals surface area contributed by atoms with E-state index in [0.29, 0.717) is 6.61 Å². The van der Waals surface area contributed by atoms with Gasteiger partial charge < -0.3 is 10.1 Å². The molecule has 0 saturated carbocycles. The second-order valence-corrected chi connectivity index (χ2v) is 7.41. The summed E-state index contributed by atoms with van der Waals surface area (Å²) < 4.78 is 6.56. The van der Waals surface area contributed by atoms with Crippen LogP contribution < -0.4 is 10.1 Å². The van der Waals surface area contributed by atoms with Gasteiger partial charge in [0, 0.05) is 21.1 Å². The molecule has 4 rings (SSSR count). The third-order valence-electron chi connectivity index (χ3n) is 3.95. The molecule has 0 saturated heterocycles. The Hall–Kier alpha value is -2.15. The number of fused-ring (bicyclic) bond motifs is 1. The van der Waals surface area contributed by atoms with Crippen LogP contribution in [0.3, 0.4) is 0 Å². The fraction of sp³-hybridized carbons (Fsp3) is 0.100. The van der Waals surface area contributed by atoms with E-state index in [4.69, 9.17) is 4.74 Å². The second-order valence-electron chi connectivity index (χ2n) is 5.64. The van der Waals surface area contributed by atoms with Crippen molar-refractivity contribution in [2.24, 2.45) is 0 Å². The fourth-order valence-electron chi connectivity index (χ4n) is 2.75. The van der Waals surface area contributed by atoms with Crippen LogP contribution in [0.4, 0.5) is 11.5 Å². The maximum Gasteiger partial charge on any atom is 0.143 e. The van der Waals surface area contributed by atoms with E-state index in [2.05, 4.69) is 48.7 Å². The Morgan fingerprint density at radius 2 is 1.78 bits per heavy atom. The highest BCUT2D eigenvalue weighted by molar-refractivity contribution is 9.10. The van der Waals surface area contributed by atoms with E-state index in [1.807, 2.05) is 43.3 Å². The zero-order valence-corrected chi connectivity index (χ0v) is 17.7. The Kier molecular flexibility index (Phi) is 6.31. The van der Waals surface area contributed by atoms with Gasteiger partial charge >= 0.3 is 0 Å². The molecule has 0 aliphatic rings. The van der Waals surface area contributed by atoms with Gasteiger partial charge in [-0.2, -0.15) is 0 Å². The number of hydrogen-bond donors (Lipinski definition) is 1. The van der Waals surface area contributed by atoms with Crippen molar-refractivity contribution in [1.82, 2.24) is 9.97 Å². The summed E-state index contributed by atoms with van der Waals surface area (Å²) in [5.74, 6) is 1.66. The first-order chi connectivity index (χ1) is 12.7. The standard InChI is InChI=1S/C20H16BrN3OS.ClH/c1-2-25-16-9-7-15(8-10-16)24-19-18-17(11-26-20(18)23-12-22-19)13-3-5-14(21)6-4-13;/h3-12H,2H2,1H3,(H,22,23,24);1H. The molecule has 2 heterocycles. The van der Waals surface area contributed by atoms with Crippen molar-refractivity contribution in [2.45, 2.75) is 6.92 Å². The average Bonchev–Trinajstić information content (AvgIpc) is 3.09. The Bertz CT molecular complexity index is 1040. The molecule has 4 nitrogen and oxygen atoms in total. The molecule has 138 valence electrons. The number of ether oxygens (including phenoxy) is 1. The molecule has 27 heavy (non-hydrogen) atoms. The highest BCUT2D eigenvalue weighted by atomic mass is 79.9. The minimum Gasteiger partial charge on any atom is -0.494 e. The van der Waals surface area contributed by atoms with Crippen molar-refractivity contribution in [3.8, 4) is 16.9 Å². The lowest BCUT2D eigenvalue weighted by molar-refractivity contribution is 0.340. The lowest BCUT2D eigenvalue weighted by atomic mass is 10.1. The van der Waals surface area contributed by atoms with Crippen molar-refractivity contribution in [3.05, 3.63) is 64.7 Å². The van der Waals surface area contributed by atoms with Gasteiger partial charge in [-0.05, 0) is 48.9 Å². The first kappa shape index (κ1) is 19.6. The molecule has 0 aliphatic carbocycles. The van der Waals surface area contributed by atoms with Gasteiger partial charge in [0.15, 0.2) is 0 Å². The van der Waals surface area contributed by atoms with E-state index in [9.17, 15) is 0 Å². The van der Waals surface area contributed by atoms with Gasteiger partial charge in [0.1, 0.15) is 22.7 Å². The highest BCUT2D eigenvalue weighted by Crippen LogP contribution is 2.37. The Balaban J connectivity index is 0.00000210. The highest BCUT2D eigenvalue weighted by Gasteiger charge is 2.13. The van der Waals surface area contributed by atoms with Gasteiger partial charge in [0.25, 0.3) is 0 Å². The summed E-state index contributed by atoms with van der Waals surface area (Å²) >= 11 is 5.11. The van der Waals surface area contributed by atoms with Gasteiger partial charge in [-0.15, -0.1) is 23.7 Å². The number of benzene rings is 2. The van der Waals surface area contributed by atoms with Crippen LogP contribution in [0.25, 0.3) is 21.3 Å². The van der Waals surface area contributed by atoms with E-state index in [0.717, 1.165) is 43.1 Å². The molecule has 0 radical (unpaired) electrons. The molecular weight excluding hydrogens is 446 g/mol. The van der Waals surface area contributed by atoms with Gasteiger partial charge in [-0.3, -0.25) is 0 Å². The SMILES string of the molecule is CCOc1ccc(Nc2ncnc3scc(-c4ccc(Br)cc4)c23)cc1.Cl. The molecule has 0 bridgehead atoms. The normalized spacial score (nSPS) is 10.4. The van der Waals surface area contributed by atoms with Gasteiger partial charge in [0.2, 0.25) is 0 Å². The summed E-state index contributed by atoms with van der Waals surface area (Å²) in [5.41, 5.74) is 3.23.